The minimum absolute atomic E-state index is 0.179. The molecule has 0 heterocycles. The monoisotopic (exact) mass is 264 g/mol. The van der Waals surface area contributed by atoms with E-state index >= 15 is 0 Å². The van der Waals surface area contributed by atoms with E-state index in [9.17, 15) is 9.59 Å². The highest BCUT2D eigenvalue weighted by Gasteiger charge is 2.23. The minimum atomic E-state index is -1.04. The molecule has 1 unspecified atom stereocenters. The molecule has 104 valence electrons. The first kappa shape index (κ1) is 15.0. The van der Waals surface area contributed by atoms with Crippen LogP contribution in [-0.4, -0.2) is 23.1 Å². The van der Waals surface area contributed by atoms with Gasteiger partial charge in [0.2, 0.25) is 0 Å². The maximum Gasteiger partial charge on any atom is 0.326 e. The highest BCUT2D eigenvalue weighted by molar-refractivity contribution is 5.93. The van der Waals surface area contributed by atoms with E-state index in [1.807, 2.05) is 32.0 Å². The Morgan fingerprint density at radius 2 is 1.68 bits per heavy atom. The Morgan fingerprint density at radius 1 is 1.16 bits per heavy atom. The van der Waals surface area contributed by atoms with Gasteiger partial charge in [0, 0.05) is 5.69 Å². The Balaban J connectivity index is 2.78. The maximum atomic E-state index is 11.9. The standard InChI is InChI=1S/C14H20N2O3/c1-8(2)11(13(17)18)15-14(19)16-12-9(3)6-5-7-10(12)4/h5-8,11H,1-4H3,(H,17,18)(H2,15,16,19). The second-order valence-electron chi connectivity index (χ2n) is 4.93. The third-order valence-electron chi connectivity index (χ3n) is 2.94. The van der Waals surface area contributed by atoms with Gasteiger partial charge < -0.3 is 15.7 Å². The van der Waals surface area contributed by atoms with Crippen LogP contribution in [0.3, 0.4) is 0 Å². The van der Waals surface area contributed by atoms with Gasteiger partial charge in [0.1, 0.15) is 6.04 Å². The van der Waals surface area contributed by atoms with Gasteiger partial charge in [-0.2, -0.15) is 0 Å². The number of benzene rings is 1. The Kier molecular flexibility index (Phi) is 4.92. The lowest BCUT2D eigenvalue weighted by atomic mass is 10.1. The minimum Gasteiger partial charge on any atom is -0.480 e. The largest absolute Gasteiger partial charge is 0.480 e. The summed E-state index contributed by atoms with van der Waals surface area (Å²) in [6.45, 7) is 7.27. The second-order valence-corrected chi connectivity index (χ2v) is 4.93. The van der Waals surface area contributed by atoms with Crippen molar-refractivity contribution < 1.29 is 14.7 Å². The number of aryl methyl sites for hydroxylation is 2. The van der Waals surface area contributed by atoms with Crippen LogP contribution < -0.4 is 10.6 Å². The number of carboxylic acids is 1. The third kappa shape index (κ3) is 3.98. The van der Waals surface area contributed by atoms with Gasteiger partial charge in [0.25, 0.3) is 0 Å². The lowest BCUT2D eigenvalue weighted by Gasteiger charge is -2.19. The fourth-order valence-corrected chi connectivity index (χ4v) is 1.82. The van der Waals surface area contributed by atoms with Gasteiger partial charge in [-0.1, -0.05) is 32.0 Å². The first-order chi connectivity index (χ1) is 8.82. The Labute approximate surface area is 113 Å². The Morgan fingerprint density at radius 3 is 2.11 bits per heavy atom. The van der Waals surface area contributed by atoms with Gasteiger partial charge in [-0.25, -0.2) is 9.59 Å². The van der Waals surface area contributed by atoms with Gasteiger partial charge in [-0.3, -0.25) is 0 Å². The number of hydrogen-bond donors (Lipinski definition) is 3. The van der Waals surface area contributed by atoms with Crippen molar-refractivity contribution in [1.82, 2.24) is 5.32 Å². The Bertz CT molecular complexity index is 463. The fourth-order valence-electron chi connectivity index (χ4n) is 1.82. The van der Waals surface area contributed by atoms with E-state index in [2.05, 4.69) is 10.6 Å². The molecule has 2 amide bonds. The number of anilines is 1. The fraction of sp³-hybridized carbons (Fsp3) is 0.429. The van der Waals surface area contributed by atoms with E-state index in [0.29, 0.717) is 5.69 Å². The zero-order valence-corrected chi connectivity index (χ0v) is 11.7. The summed E-state index contributed by atoms with van der Waals surface area (Å²) >= 11 is 0. The summed E-state index contributed by atoms with van der Waals surface area (Å²) in [6.07, 6.45) is 0. The van der Waals surface area contributed by atoms with E-state index in [-0.39, 0.29) is 5.92 Å². The smallest absolute Gasteiger partial charge is 0.326 e. The first-order valence-corrected chi connectivity index (χ1v) is 6.19. The summed E-state index contributed by atoms with van der Waals surface area (Å²) in [4.78, 5) is 22.9. The molecule has 1 rings (SSSR count). The van der Waals surface area contributed by atoms with E-state index in [1.54, 1.807) is 13.8 Å². The number of carboxylic acid groups (broad SMARTS) is 1. The van der Waals surface area contributed by atoms with Crippen molar-refractivity contribution >= 4 is 17.7 Å². The predicted molar refractivity (Wildman–Crippen MR) is 74.3 cm³/mol. The molecule has 5 heteroatoms. The van der Waals surface area contributed by atoms with Crippen LogP contribution in [0.5, 0.6) is 0 Å². The number of amides is 2. The number of rotatable bonds is 4. The predicted octanol–water partition coefficient (Wildman–Crippen LogP) is 2.53. The molecule has 0 aliphatic heterocycles. The quantitative estimate of drug-likeness (QED) is 0.782. The molecule has 0 aliphatic carbocycles. The normalized spacial score (nSPS) is 12.1. The highest BCUT2D eigenvalue weighted by Crippen LogP contribution is 2.19. The number of hydrogen-bond acceptors (Lipinski definition) is 2. The van der Waals surface area contributed by atoms with Gasteiger partial charge in [0.15, 0.2) is 0 Å². The first-order valence-electron chi connectivity index (χ1n) is 6.19. The maximum absolute atomic E-state index is 11.9. The number of carbonyl (C=O) groups excluding carboxylic acids is 1. The number of carbonyl (C=O) groups is 2. The van der Waals surface area contributed by atoms with Crippen LogP contribution in [0.15, 0.2) is 18.2 Å². The second kappa shape index (κ2) is 6.22. The highest BCUT2D eigenvalue weighted by atomic mass is 16.4. The summed E-state index contributed by atoms with van der Waals surface area (Å²) in [7, 11) is 0. The van der Waals surface area contributed by atoms with Crippen molar-refractivity contribution in [2.24, 2.45) is 5.92 Å². The van der Waals surface area contributed by atoms with Crippen LogP contribution in [0, 0.1) is 19.8 Å². The van der Waals surface area contributed by atoms with Gasteiger partial charge in [0.05, 0.1) is 0 Å². The lowest BCUT2D eigenvalue weighted by Crippen LogP contribution is -2.46. The topological polar surface area (TPSA) is 78.4 Å². The average molecular weight is 264 g/mol. The van der Waals surface area contributed by atoms with Crippen LogP contribution in [0.2, 0.25) is 0 Å². The molecular formula is C14H20N2O3. The molecule has 0 saturated carbocycles. The molecule has 0 fully saturated rings. The summed E-state index contributed by atoms with van der Waals surface area (Å²) in [5.41, 5.74) is 2.59. The van der Waals surface area contributed by atoms with E-state index in [1.165, 1.54) is 0 Å². The van der Waals surface area contributed by atoms with Crippen LogP contribution in [0.4, 0.5) is 10.5 Å². The molecule has 19 heavy (non-hydrogen) atoms. The molecule has 1 atom stereocenters. The molecule has 1 aromatic rings. The molecular weight excluding hydrogens is 244 g/mol. The molecule has 1 aromatic carbocycles. The molecule has 0 bridgehead atoms. The van der Waals surface area contributed by atoms with Crippen LogP contribution >= 0.6 is 0 Å². The number of aliphatic carboxylic acids is 1. The molecule has 0 radical (unpaired) electrons. The van der Waals surface area contributed by atoms with Crippen molar-refractivity contribution in [2.75, 3.05) is 5.32 Å². The van der Waals surface area contributed by atoms with Crippen molar-refractivity contribution in [2.45, 2.75) is 33.7 Å². The van der Waals surface area contributed by atoms with Gasteiger partial charge in [-0.15, -0.1) is 0 Å². The molecule has 0 aromatic heterocycles. The Hall–Kier alpha value is -2.04. The van der Waals surface area contributed by atoms with Crippen molar-refractivity contribution in [1.29, 1.82) is 0 Å². The zero-order valence-electron chi connectivity index (χ0n) is 11.7. The van der Waals surface area contributed by atoms with Crippen molar-refractivity contribution in [3.63, 3.8) is 0 Å². The number of nitrogens with one attached hydrogen (secondary N) is 2. The molecule has 0 saturated heterocycles. The van der Waals surface area contributed by atoms with Gasteiger partial charge in [-0.05, 0) is 30.9 Å². The number of para-hydroxylation sites is 1. The third-order valence-corrected chi connectivity index (χ3v) is 2.94. The summed E-state index contributed by atoms with van der Waals surface area (Å²) < 4.78 is 0. The van der Waals surface area contributed by atoms with Gasteiger partial charge >= 0.3 is 12.0 Å². The lowest BCUT2D eigenvalue weighted by molar-refractivity contribution is -0.140. The molecule has 0 spiro atoms. The molecule has 5 nitrogen and oxygen atoms in total. The summed E-state index contributed by atoms with van der Waals surface area (Å²) in [5, 5.41) is 14.2. The van der Waals surface area contributed by atoms with Crippen LogP contribution in [0.1, 0.15) is 25.0 Å². The summed E-state index contributed by atoms with van der Waals surface area (Å²) in [5.74, 6) is -1.21. The van der Waals surface area contributed by atoms with E-state index in [0.717, 1.165) is 11.1 Å². The molecule has 3 N–H and O–H groups in total. The number of urea groups is 1. The van der Waals surface area contributed by atoms with Crippen LogP contribution in [-0.2, 0) is 4.79 Å². The van der Waals surface area contributed by atoms with E-state index in [4.69, 9.17) is 5.11 Å². The van der Waals surface area contributed by atoms with Crippen molar-refractivity contribution in [3.05, 3.63) is 29.3 Å². The summed E-state index contributed by atoms with van der Waals surface area (Å²) in [6, 6.07) is 4.28. The zero-order chi connectivity index (χ0) is 14.6. The SMILES string of the molecule is Cc1cccc(C)c1NC(=O)NC(C(=O)O)C(C)C. The van der Waals surface area contributed by atoms with E-state index < -0.39 is 18.0 Å². The molecule has 0 aliphatic rings. The average Bonchev–Trinajstić information content (AvgIpc) is 2.30. The van der Waals surface area contributed by atoms with Crippen molar-refractivity contribution in [3.8, 4) is 0 Å². The van der Waals surface area contributed by atoms with Crippen LogP contribution in [0.25, 0.3) is 0 Å².